The molecule has 0 bridgehead atoms. The van der Waals surface area contributed by atoms with E-state index >= 15 is 0 Å². The lowest BCUT2D eigenvalue weighted by Gasteiger charge is -2.51. The monoisotopic (exact) mass is 268 g/mol. The van der Waals surface area contributed by atoms with Crippen LogP contribution in [0.15, 0.2) is 0 Å². The molecule has 0 aliphatic carbocycles. The zero-order valence-corrected chi connectivity index (χ0v) is 13.5. The largest absolute Gasteiger partial charge is 0.375 e. The maximum atomic E-state index is 6.13. The Balaban J connectivity index is 2.07. The van der Waals surface area contributed by atoms with Crippen molar-refractivity contribution >= 4 is 0 Å². The summed E-state index contributed by atoms with van der Waals surface area (Å²) in [4.78, 5) is 2.74. The number of hydrogen-bond acceptors (Lipinski definition) is 3. The number of ether oxygens (including phenoxy) is 1. The first-order valence-corrected chi connectivity index (χ1v) is 8.06. The maximum absolute atomic E-state index is 6.13. The number of nitrogens with zero attached hydrogens (tertiary/aromatic N) is 1. The molecule has 2 aliphatic rings. The van der Waals surface area contributed by atoms with E-state index in [0.29, 0.717) is 12.1 Å². The van der Waals surface area contributed by atoms with Gasteiger partial charge in [-0.15, -0.1) is 0 Å². The minimum atomic E-state index is 0.137. The summed E-state index contributed by atoms with van der Waals surface area (Å²) < 4.78 is 6.13. The lowest BCUT2D eigenvalue weighted by atomic mass is 9.83. The van der Waals surface area contributed by atoms with Gasteiger partial charge in [0.2, 0.25) is 0 Å². The molecule has 3 heteroatoms. The zero-order chi connectivity index (χ0) is 14.1. The minimum Gasteiger partial charge on any atom is -0.375 e. The van der Waals surface area contributed by atoms with Gasteiger partial charge in [0.05, 0.1) is 5.60 Å². The van der Waals surface area contributed by atoms with Crippen LogP contribution in [0.3, 0.4) is 0 Å². The van der Waals surface area contributed by atoms with Gasteiger partial charge in [-0.05, 0) is 46.5 Å². The van der Waals surface area contributed by atoms with E-state index in [4.69, 9.17) is 4.74 Å². The van der Waals surface area contributed by atoms with Crippen molar-refractivity contribution in [3.63, 3.8) is 0 Å². The van der Waals surface area contributed by atoms with E-state index in [2.05, 4.69) is 44.8 Å². The molecular weight excluding hydrogens is 236 g/mol. The molecule has 0 aromatic heterocycles. The summed E-state index contributed by atoms with van der Waals surface area (Å²) in [5.74, 6) is 0. The van der Waals surface area contributed by atoms with Crippen LogP contribution in [0.5, 0.6) is 0 Å². The SMILES string of the molecule is CCC1(CC)CC(N2CC(C)(C)NCC2C)CCO1. The van der Waals surface area contributed by atoms with E-state index in [1.165, 1.54) is 12.8 Å². The van der Waals surface area contributed by atoms with Crippen LogP contribution in [0.2, 0.25) is 0 Å². The number of nitrogens with one attached hydrogen (secondary N) is 1. The molecule has 2 aliphatic heterocycles. The van der Waals surface area contributed by atoms with Crippen LogP contribution in [0.4, 0.5) is 0 Å². The van der Waals surface area contributed by atoms with Gasteiger partial charge in [0.25, 0.3) is 0 Å². The molecule has 19 heavy (non-hydrogen) atoms. The van der Waals surface area contributed by atoms with Crippen molar-refractivity contribution in [2.24, 2.45) is 0 Å². The Hall–Kier alpha value is -0.120. The second-order valence-electron chi connectivity index (χ2n) is 7.17. The topological polar surface area (TPSA) is 24.5 Å². The molecule has 2 fully saturated rings. The molecule has 0 radical (unpaired) electrons. The highest BCUT2D eigenvalue weighted by Crippen LogP contribution is 2.35. The van der Waals surface area contributed by atoms with Crippen molar-refractivity contribution in [1.82, 2.24) is 10.2 Å². The van der Waals surface area contributed by atoms with Gasteiger partial charge in [0.15, 0.2) is 0 Å². The quantitative estimate of drug-likeness (QED) is 0.852. The lowest BCUT2D eigenvalue weighted by Crippen LogP contribution is -2.64. The van der Waals surface area contributed by atoms with Gasteiger partial charge >= 0.3 is 0 Å². The Bertz CT molecular complexity index is 299. The van der Waals surface area contributed by atoms with E-state index in [-0.39, 0.29) is 11.1 Å². The molecule has 0 saturated carbocycles. The van der Waals surface area contributed by atoms with Crippen LogP contribution < -0.4 is 5.32 Å². The molecule has 0 spiro atoms. The molecule has 0 aromatic carbocycles. The first kappa shape index (κ1) is 15.3. The van der Waals surface area contributed by atoms with E-state index in [1.54, 1.807) is 0 Å². The van der Waals surface area contributed by atoms with E-state index < -0.39 is 0 Å². The van der Waals surface area contributed by atoms with Crippen molar-refractivity contribution in [3.05, 3.63) is 0 Å². The van der Waals surface area contributed by atoms with E-state index in [0.717, 1.165) is 32.5 Å². The lowest BCUT2D eigenvalue weighted by molar-refractivity contribution is -0.119. The fourth-order valence-corrected chi connectivity index (χ4v) is 3.73. The van der Waals surface area contributed by atoms with Gasteiger partial charge in [-0.25, -0.2) is 0 Å². The van der Waals surface area contributed by atoms with E-state index in [1.807, 2.05) is 0 Å². The third-order valence-corrected chi connectivity index (χ3v) is 5.24. The van der Waals surface area contributed by atoms with Crippen molar-refractivity contribution in [1.29, 1.82) is 0 Å². The predicted octanol–water partition coefficient (Wildman–Crippen LogP) is 2.80. The Morgan fingerprint density at radius 2 is 1.95 bits per heavy atom. The second-order valence-corrected chi connectivity index (χ2v) is 7.17. The molecular formula is C16H32N2O. The Kier molecular flexibility index (Phi) is 4.59. The molecule has 0 aromatic rings. The molecule has 3 nitrogen and oxygen atoms in total. The number of piperazine rings is 1. The highest BCUT2D eigenvalue weighted by Gasteiger charge is 2.41. The first-order valence-electron chi connectivity index (χ1n) is 8.06. The summed E-state index contributed by atoms with van der Waals surface area (Å²) >= 11 is 0. The van der Waals surface area contributed by atoms with Gasteiger partial charge in [-0.3, -0.25) is 4.90 Å². The van der Waals surface area contributed by atoms with Gasteiger partial charge in [-0.1, -0.05) is 13.8 Å². The average molecular weight is 268 g/mol. The van der Waals surface area contributed by atoms with Gasteiger partial charge in [0.1, 0.15) is 0 Å². The summed E-state index contributed by atoms with van der Waals surface area (Å²) in [5, 5.41) is 3.65. The third-order valence-electron chi connectivity index (χ3n) is 5.24. The van der Waals surface area contributed by atoms with E-state index in [9.17, 15) is 0 Å². The highest BCUT2D eigenvalue weighted by atomic mass is 16.5. The molecule has 2 rings (SSSR count). The average Bonchev–Trinajstić information content (AvgIpc) is 2.41. The Morgan fingerprint density at radius 3 is 2.58 bits per heavy atom. The summed E-state index contributed by atoms with van der Waals surface area (Å²) in [7, 11) is 0. The normalized spacial score (nSPS) is 35.2. The second kappa shape index (κ2) is 5.71. The Morgan fingerprint density at radius 1 is 1.26 bits per heavy atom. The number of rotatable bonds is 3. The fourth-order valence-electron chi connectivity index (χ4n) is 3.73. The van der Waals surface area contributed by atoms with Gasteiger partial charge in [0, 0.05) is 37.3 Å². The summed E-state index contributed by atoms with van der Waals surface area (Å²) in [6, 6.07) is 1.34. The van der Waals surface area contributed by atoms with Gasteiger partial charge in [-0.2, -0.15) is 0 Å². The fraction of sp³-hybridized carbons (Fsp3) is 1.00. The van der Waals surface area contributed by atoms with Crippen LogP contribution in [-0.2, 0) is 4.74 Å². The zero-order valence-electron chi connectivity index (χ0n) is 13.5. The first-order chi connectivity index (χ1) is 8.91. The van der Waals surface area contributed by atoms with Crippen molar-refractivity contribution in [2.75, 3.05) is 19.7 Å². The molecule has 2 unspecified atom stereocenters. The van der Waals surface area contributed by atoms with Crippen molar-refractivity contribution in [2.45, 2.75) is 83.5 Å². The summed E-state index contributed by atoms with van der Waals surface area (Å²) in [6.45, 7) is 14.7. The summed E-state index contributed by atoms with van der Waals surface area (Å²) in [6.07, 6.45) is 4.69. The molecule has 2 atom stereocenters. The smallest absolute Gasteiger partial charge is 0.0692 e. The standard InChI is InChI=1S/C16H32N2O/c1-6-16(7-2)10-14(8-9-19-16)18-12-15(4,5)17-11-13(18)3/h13-14,17H,6-12H2,1-5H3. The van der Waals surface area contributed by atoms with Crippen LogP contribution in [-0.4, -0.2) is 47.8 Å². The molecule has 1 N–H and O–H groups in total. The maximum Gasteiger partial charge on any atom is 0.0692 e. The molecule has 2 saturated heterocycles. The summed E-state index contributed by atoms with van der Waals surface area (Å²) in [5.41, 5.74) is 0.379. The molecule has 0 amide bonds. The van der Waals surface area contributed by atoms with Gasteiger partial charge < -0.3 is 10.1 Å². The minimum absolute atomic E-state index is 0.137. The Labute approximate surface area is 119 Å². The van der Waals surface area contributed by atoms with Crippen LogP contribution >= 0.6 is 0 Å². The predicted molar refractivity (Wildman–Crippen MR) is 80.5 cm³/mol. The number of hydrogen-bond donors (Lipinski definition) is 1. The van der Waals surface area contributed by atoms with Crippen LogP contribution in [0, 0.1) is 0 Å². The molecule has 2 heterocycles. The van der Waals surface area contributed by atoms with Crippen molar-refractivity contribution in [3.8, 4) is 0 Å². The van der Waals surface area contributed by atoms with Crippen LogP contribution in [0.25, 0.3) is 0 Å². The third kappa shape index (κ3) is 3.32. The highest BCUT2D eigenvalue weighted by molar-refractivity contribution is 4.97. The van der Waals surface area contributed by atoms with Crippen molar-refractivity contribution < 1.29 is 4.74 Å². The van der Waals surface area contributed by atoms with Crippen LogP contribution in [0.1, 0.15) is 60.3 Å². The molecule has 112 valence electrons.